The Morgan fingerprint density at radius 1 is 0.853 bits per heavy atom. The molecule has 4 rings (SSSR count). The van der Waals surface area contributed by atoms with E-state index in [1.54, 1.807) is 21.3 Å². The zero-order valence-corrected chi connectivity index (χ0v) is 20.3. The molecule has 0 spiro atoms. The van der Waals surface area contributed by atoms with E-state index >= 15 is 0 Å². The molecular weight excluding hydrogens is 432 g/mol. The van der Waals surface area contributed by atoms with Crippen molar-refractivity contribution in [2.45, 2.75) is 0 Å². The molecule has 8 nitrogen and oxygen atoms in total. The second-order valence-electron chi connectivity index (χ2n) is 8.21. The normalized spacial score (nSPS) is 14.4. The minimum atomic E-state index is 0.492. The Bertz CT molecular complexity index is 1070. The summed E-state index contributed by atoms with van der Waals surface area (Å²) in [5, 5.41) is 4.57. The highest BCUT2D eigenvalue weighted by Crippen LogP contribution is 2.34. The maximum Gasteiger partial charge on any atom is 0.145 e. The van der Waals surface area contributed by atoms with Gasteiger partial charge in [0.05, 0.1) is 31.5 Å². The summed E-state index contributed by atoms with van der Waals surface area (Å²) in [5.74, 6) is 1.45. The molecule has 3 aromatic rings. The van der Waals surface area contributed by atoms with E-state index in [1.165, 1.54) is 5.69 Å². The molecule has 0 saturated carbocycles. The number of anilines is 3. The molecule has 0 aliphatic carbocycles. The number of fused-ring (bicyclic) bond motifs is 1. The summed E-state index contributed by atoms with van der Waals surface area (Å²) in [6.45, 7) is 6.89. The molecule has 182 valence electrons. The van der Waals surface area contributed by atoms with E-state index in [1.807, 2.05) is 30.5 Å². The van der Waals surface area contributed by atoms with Crippen molar-refractivity contribution in [3.8, 4) is 11.5 Å². The van der Waals surface area contributed by atoms with Gasteiger partial charge in [0, 0.05) is 76.0 Å². The Morgan fingerprint density at radius 3 is 2.44 bits per heavy atom. The van der Waals surface area contributed by atoms with Crippen LogP contribution in [-0.2, 0) is 9.47 Å². The summed E-state index contributed by atoms with van der Waals surface area (Å²) in [6.07, 6.45) is 1.84. The van der Waals surface area contributed by atoms with Gasteiger partial charge in [-0.2, -0.15) is 0 Å². The maximum atomic E-state index is 5.70. The first kappa shape index (κ1) is 24.1. The number of rotatable bonds is 11. The van der Waals surface area contributed by atoms with Crippen molar-refractivity contribution in [1.82, 2.24) is 9.88 Å². The van der Waals surface area contributed by atoms with Gasteiger partial charge in [0.25, 0.3) is 0 Å². The number of methoxy groups -OCH3 is 3. The van der Waals surface area contributed by atoms with Crippen LogP contribution in [-0.4, -0.2) is 83.8 Å². The molecule has 1 fully saturated rings. The van der Waals surface area contributed by atoms with Crippen LogP contribution in [0.25, 0.3) is 10.9 Å². The lowest BCUT2D eigenvalue weighted by molar-refractivity contribution is 0.144. The summed E-state index contributed by atoms with van der Waals surface area (Å²) >= 11 is 0. The number of nitrogens with zero attached hydrogens (tertiary/aromatic N) is 3. The van der Waals surface area contributed by atoms with Gasteiger partial charge in [0.15, 0.2) is 0 Å². The fourth-order valence-corrected chi connectivity index (χ4v) is 4.14. The van der Waals surface area contributed by atoms with Crippen molar-refractivity contribution in [2.24, 2.45) is 0 Å². The first-order valence-corrected chi connectivity index (χ1v) is 11.6. The van der Waals surface area contributed by atoms with Crippen molar-refractivity contribution in [3.05, 3.63) is 48.7 Å². The highest BCUT2D eigenvalue weighted by Gasteiger charge is 2.17. The molecule has 2 aromatic carbocycles. The van der Waals surface area contributed by atoms with E-state index in [2.05, 4.69) is 38.3 Å². The molecule has 0 radical (unpaired) electrons. The number of aromatic nitrogens is 1. The average Bonchev–Trinajstić information content (AvgIpc) is 2.88. The topological polar surface area (TPSA) is 68.3 Å². The third kappa shape index (κ3) is 5.88. The first-order valence-electron chi connectivity index (χ1n) is 11.6. The van der Waals surface area contributed by atoms with Crippen LogP contribution < -0.4 is 19.7 Å². The first-order chi connectivity index (χ1) is 16.7. The van der Waals surface area contributed by atoms with Crippen LogP contribution in [0.1, 0.15) is 0 Å². The minimum Gasteiger partial charge on any atom is -0.494 e. The van der Waals surface area contributed by atoms with Crippen LogP contribution in [0.3, 0.4) is 0 Å². The molecule has 1 aliphatic rings. The second-order valence-corrected chi connectivity index (χ2v) is 8.21. The van der Waals surface area contributed by atoms with Crippen LogP contribution in [0.15, 0.2) is 48.7 Å². The average molecular weight is 467 g/mol. The standard InChI is InChI=1S/C26H34N4O4/c1-31-15-14-29-10-12-30(13-11-29)20-4-6-22-23(8-9-27-25(22)18-20)28-24-7-5-21(19-26(24)33-3)34-17-16-32-2/h4-9,18-19H,10-17H2,1-3H3,(H,27,28). The molecule has 2 heterocycles. The number of hydrogen-bond donors (Lipinski definition) is 1. The zero-order valence-electron chi connectivity index (χ0n) is 20.3. The van der Waals surface area contributed by atoms with Gasteiger partial charge in [0.2, 0.25) is 0 Å². The lowest BCUT2D eigenvalue weighted by Gasteiger charge is -2.36. The zero-order chi connectivity index (χ0) is 23.8. The Labute approximate surface area is 201 Å². The van der Waals surface area contributed by atoms with Gasteiger partial charge in [-0.15, -0.1) is 0 Å². The summed E-state index contributed by atoms with van der Waals surface area (Å²) in [6, 6.07) is 14.3. The number of benzene rings is 2. The van der Waals surface area contributed by atoms with Crippen molar-refractivity contribution >= 4 is 28.0 Å². The van der Waals surface area contributed by atoms with Gasteiger partial charge in [-0.05, 0) is 36.4 Å². The second kappa shape index (κ2) is 11.9. The third-order valence-corrected chi connectivity index (χ3v) is 6.07. The highest BCUT2D eigenvalue weighted by molar-refractivity contribution is 5.95. The van der Waals surface area contributed by atoms with Gasteiger partial charge < -0.3 is 29.2 Å². The van der Waals surface area contributed by atoms with Gasteiger partial charge in [-0.1, -0.05) is 0 Å². The predicted molar refractivity (Wildman–Crippen MR) is 136 cm³/mol. The summed E-state index contributed by atoms with van der Waals surface area (Å²) in [7, 11) is 5.07. The predicted octanol–water partition coefficient (Wildman–Crippen LogP) is 3.78. The number of piperazine rings is 1. The lowest BCUT2D eigenvalue weighted by atomic mass is 10.1. The summed E-state index contributed by atoms with van der Waals surface area (Å²) in [4.78, 5) is 9.51. The van der Waals surface area contributed by atoms with Crippen molar-refractivity contribution < 1.29 is 18.9 Å². The molecule has 8 heteroatoms. The molecule has 1 aromatic heterocycles. The van der Waals surface area contributed by atoms with Crippen molar-refractivity contribution in [2.75, 3.05) is 84.1 Å². The summed E-state index contributed by atoms with van der Waals surface area (Å²) in [5.41, 5.74) is 4.01. The number of nitrogens with one attached hydrogen (secondary N) is 1. The molecule has 1 aliphatic heterocycles. The molecule has 1 N–H and O–H groups in total. The largest absolute Gasteiger partial charge is 0.494 e. The highest BCUT2D eigenvalue weighted by atomic mass is 16.5. The van der Waals surface area contributed by atoms with Crippen molar-refractivity contribution in [1.29, 1.82) is 0 Å². The Morgan fingerprint density at radius 2 is 1.68 bits per heavy atom. The van der Waals surface area contributed by atoms with E-state index in [0.717, 1.165) is 67.4 Å². The fraction of sp³-hybridized carbons (Fsp3) is 0.423. The number of pyridine rings is 1. The quantitative estimate of drug-likeness (QED) is 0.428. The van der Waals surface area contributed by atoms with Crippen LogP contribution in [0.2, 0.25) is 0 Å². The summed E-state index contributed by atoms with van der Waals surface area (Å²) < 4.78 is 21.6. The number of hydrogen-bond acceptors (Lipinski definition) is 8. The van der Waals surface area contributed by atoms with E-state index in [-0.39, 0.29) is 0 Å². The van der Waals surface area contributed by atoms with Gasteiger partial charge in [-0.3, -0.25) is 9.88 Å². The molecule has 0 unspecified atom stereocenters. The van der Waals surface area contributed by atoms with E-state index in [0.29, 0.717) is 19.0 Å². The molecule has 34 heavy (non-hydrogen) atoms. The van der Waals surface area contributed by atoms with Crippen LogP contribution in [0, 0.1) is 0 Å². The number of ether oxygens (including phenoxy) is 4. The van der Waals surface area contributed by atoms with Crippen LogP contribution in [0.5, 0.6) is 11.5 Å². The monoisotopic (exact) mass is 466 g/mol. The molecule has 0 amide bonds. The lowest BCUT2D eigenvalue weighted by Crippen LogP contribution is -2.47. The van der Waals surface area contributed by atoms with Crippen LogP contribution in [0.4, 0.5) is 17.1 Å². The van der Waals surface area contributed by atoms with E-state index < -0.39 is 0 Å². The van der Waals surface area contributed by atoms with Gasteiger partial charge >= 0.3 is 0 Å². The van der Waals surface area contributed by atoms with Crippen LogP contribution >= 0.6 is 0 Å². The van der Waals surface area contributed by atoms with Crippen molar-refractivity contribution in [3.63, 3.8) is 0 Å². The minimum absolute atomic E-state index is 0.492. The fourth-order valence-electron chi connectivity index (χ4n) is 4.14. The molecule has 0 atom stereocenters. The molecular formula is C26H34N4O4. The van der Waals surface area contributed by atoms with E-state index in [4.69, 9.17) is 18.9 Å². The van der Waals surface area contributed by atoms with Gasteiger partial charge in [0.1, 0.15) is 18.1 Å². The molecule has 1 saturated heterocycles. The maximum absolute atomic E-state index is 5.70. The Balaban J connectivity index is 1.48. The van der Waals surface area contributed by atoms with E-state index in [9.17, 15) is 0 Å². The Hall–Kier alpha value is -3.07. The smallest absolute Gasteiger partial charge is 0.145 e. The third-order valence-electron chi connectivity index (χ3n) is 6.07. The van der Waals surface area contributed by atoms with Gasteiger partial charge in [-0.25, -0.2) is 0 Å². The SMILES string of the molecule is COCCOc1ccc(Nc2ccnc3cc(N4CCN(CCOC)CC4)ccc23)c(OC)c1. The molecule has 0 bridgehead atoms. The Kier molecular flexibility index (Phi) is 8.41.